The highest BCUT2D eigenvalue weighted by Crippen LogP contribution is 2.54. The van der Waals surface area contributed by atoms with Crippen LogP contribution in [-0.2, 0) is 15.3 Å². The molecule has 0 saturated heterocycles. The first-order chi connectivity index (χ1) is 42.7. The third kappa shape index (κ3) is 6.81. The second-order valence-electron chi connectivity index (χ2n) is 23.4. The van der Waals surface area contributed by atoms with Crippen LogP contribution in [0, 0.1) is 11.3 Å². The Morgan fingerprint density at radius 3 is 1.26 bits per heavy atom. The molecule has 0 bridgehead atoms. The molecule has 87 heavy (non-hydrogen) atoms. The van der Waals surface area contributed by atoms with Gasteiger partial charge < -0.3 is 28.1 Å². The maximum absolute atomic E-state index is 14.3. The molecule has 0 N–H and O–H groups in total. The van der Waals surface area contributed by atoms with Gasteiger partial charge in [-0.3, -0.25) is 0 Å². The van der Waals surface area contributed by atoms with Gasteiger partial charge in [-0.25, -0.2) is 8.42 Å². The lowest BCUT2D eigenvalue weighted by Crippen LogP contribution is -2.57. The van der Waals surface area contributed by atoms with E-state index in [0.29, 0.717) is 5.56 Å². The number of nitriles is 1. The van der Waals surface area contributed by atoms with Crippen LogP contribution in [0.4, 0.5) is 17.1 Å². The Morgan fingerprint density at radius 1 is 0.414 bits per heavy atom. The summed E-state index contributed by atoms with van der Waals surface area (Å²) in [5.41, 5.74) is 17.9. The zero-order valence-corrected chi connectivity index (χ0v) is 47.9. The van der Waals surface area contributed by atoms with E-state index in [1.165, 1.54) is 35.4 Å². The second kappa shape index (κ2) is 18.0. The number of nitrogens with zero attached hydrogens (tertiary/aromatic N) is 5. The van der Waals surface area contributed by atoms with Crippen molar-refractivity contribution in [2.45, 2.75) is 29.1 Å². The average molecular weight is 1140 g/mol. The highest BCUT2D eigenvalue weighted by Gasteiger charge is 2.41. The van der Waals surface area contributed by atoms with E-state index in [0.717, 1.165) is 139 Å². The van der Waals surface area contributed by atoms with Crippen LogP contribution in [-0.4, -0.2) is 28.8 Å². The molecule has 0 amide bonds. The number of hydrogen-bond acceptors (Lipinski definition) is 6. The third-order valence-electron chi connectivity index (χ3n) is 18.6. The van der Waals surface area contributed by atoms with E-state index < -0.39 is 9.84 Å². The predicted octanol–water partition coefficient (Wildman–Crippen LogP) is 16.5. The molecule has 0 radical (unpaired) electrons. The fraction of sp³-hybridized carbons (Fsp3) is 0.0395. The number of rotatable bonds is 6. The summed E-state index contributed by atoms with van der Waals surface area (Å²) in [4.78, 5) is 2.67. The number of ether oxygens (including phenoxy) is 2. The van der Waals surface area contributed by atoms with Crippen molar-refractivity contribution in [1.82, 2.24) is 13.7 Å². The molecule has 15 aromatic rings. The van der Waals surface area contributed by atoms with Crippen molar-refractivity contribution in [3.8, 4) is 46.1 Å². The summed E-state index contributed by atoms with van der Waals surface area (Å²) in [7, 11) is -3.94. The van der Waals surface area contributed by atoms with Crippen LogP contribution >= 0.6 is 0 Å². The maximum atomic E-state index is 14.3. The van der Waals surface area contributed by atoms with E-state index in [2.05, 4.69) is 233 Å². The molecule has 3 aliphatic rings. The lowest BCUT2D eigenvalue weighted by atomic mass is 9.35. The van der Waals surface area contributed by atoms with Crippen molar-refractivity contribution >= 4 is 115 Å². The van der Waals surface area contributed by atoms with E-state index in [1.54, 1.807) is 12.1 Å². The topological polar surface area (TPSA) is 94.4 Å². The van der Waals surface area contributed by atoms with Crippen molar-refractivity contribution < 1.29 is 17.9 Å². The van der Waals surface area contributed by atoms with Gasteiger partial charge >= 0.3 is 0 Å². The molecule has 0 atom stereocenters. The maximum Gasteiger partial charge on any atom is 0.260 e. The van der Waals surface area contributed by atoms with Gasteiger partial charge in [0.25, 0.3) is 6.71 Å². The van der Waals surface area contributed by atoms with Crippen molar-refractivity contribution in [3.63, 3.8) is 0 Å². The van der Waals surface area contributed by atoms with E-state index in [1.807, 2.05) is 24.3 Å². The smallest absolute Gasteiger partial charge is 0.260 e. The molecule has 0 fully saturated rings. The number of fused-ring (bicyclic) bond motifs is 18. The van der Waals surface area contributed by atoms with Crippen LogP contribution < -0.4 is 30.8 Å². The first kappa shape index (κ1) is 49.4. The van der Waals surface area contributed by atoms with Crippen LogP contribution in [0.25, 0.3) is 82.5 Å². The van der Waals surface area contributed by atoms with Gasteiger partial charge in [-0.05, 0) is 137 Å². The van der Waals surface area contributed by atoms with E-state index in [-0.39, 0.29) is 21.9 Å². The summed E-state index contributed by atoms with van der Waals surface area (Å²) in [5.74, 6) is 3.10. The zero-order chi connectivity index (χ0) is 58.0. The fourth-order valence-electron chi connectivity index (χ4n) is 14.8. The first-order valence-electron chi connectivity index (χ1n) is 29.2. The van der Waals surface area contributed by atoms with Gasteiger partial charge in [0, 0.05) is 72.4 Å². The summed E-state index contributed by atoms with van der Waals surface area (Å²) >= 11 is 0. The normalized spacial score (nSPS) is 13.7. The molecule has 12 aromatic carbocycles. The van der Waals surface area contributed by atoms with Crippen molar-refractivity contribution in [2.24, 2.45) is 0 Å². The van der Waals surface area contributed by atoms with Crippen LogP contribution in [0.5, 0.6) is 23.0 Å². The van der Waals surface area contributed by atoms with E-state index in [4.69, 9.17) is 9.47 Å². The summed E-state index contributed by atoms with van der Waals surface area (Å²) in [6, 6.07) is 89.0. The Balaban J connectivity index is 0.950. The second-order valence-corrected chi connectivity index (χ2v) is 25.4. The average Bonchev–Trinajstić information content (AvgIpc) is 1.53. The molecule has 0 aliphatic carbocycles. The molecule has 3 aliphatic heterocycles. The lowest BCUT2D eigenvalue weighted by molar-refractivity contribution is 0.464. The van der Waals surface area contributed by atoms with Gasteiger partial charge in [-0.2, -0.15) is 5.26 Å². The predicted molar refractivity (Wildman–Crippen MR) is 351 cm³/mol. The SMILES string of the molecule is CC1(C)c2ccccc2N(c2ccc(-n3c4ccccc4c4c3c3c5ccccc5n(-c5cc6c7c(c5)Oc5ccccc5B7c5ccccc5O6)c3c3c5ccccc5n(-c5ccc(S(=O)(=O)c6ccc(C#N)cc6)cc5)c43)cc2)c2ccccc21. The van der Waals surface area contributed by atoms with Gasteiger partial charge in [0.15, 0.2) is 0 Å². The van der Waals surface area contributed by atoms with Crippen LogP contribution in [0.3, 0.4) is 0 Å². The van der Waals surface area contributed by atoms with Crippen LogP contribution in [0.1, 0.15) is 30.5 Å². The van der Waals surface area contributed by atoms with Crippen molar-refractivity contribution in [3.05, 3.63) is 271 Å². The minimum absolute atomic E-state index is 0.0970. The molecule has 6 heterocycles. The monoisotopic (exact) mass is 1140 g/mol. The number of benzene rings is 12. The molecule has 0 unspecified atom stereocenters. The Hall–Kier alpha value is -11.1. The molecule has 3 aromatic heterocycles. The Bertz CT molecular complexity index is 5540. The minimum atomic E-state index is -3.94. The molecule has 9 nitrogen and oxygen atoms in total. The third-order valence-corrected chi connectivity index (χ3v) is 20.4. The molecule has 410 valence electrons. The van der Waals surface area contributed by atoms with Crippen molar-refractivity contribution in [2.75, 3.05) is 4.90 Å². The molecular formula is C76H48BN5O4S. The molecular weight excluding hydrogens is 1090 g/mol. The van der Waals surface area contributed by atoms with E-state index >= 15 is 0 Å². The summed E-state index contributed by atoms with van der Waals surface area (Å²) < 4.78 is 49.9. The van der Waals surface area contributed by atoms with Gasteiger partial charge in [0.1, 0.15) is 23.0 Å². The summed E-state index contributed by atoms with van der Waals surface area (Å²) in [6.45, 7) is 4.54. The number of anilines is 3. The number of sulfone groups is 1. The van der Waals surface area contributed by atoms with Crippen LogP contribution in [0.2, 0.25) is 0 Å². The number of para-hydroxylation sites is 7. The van der Waals surface area contributed by atoms with Gasteiger partial charge in [-0.1, -0.05) is 141 Å². The molecule has 11 heteroatoms. The standard InChI is InChI=1S/C76H48BN5O4S/c1-76(2)56-20-6-13-27-63(56)79(64-28-14-7-21-57(64)76)47-33-35-48(36-34-47)80-60-24-10-3-17-53(60)69-73(80)71-55-19-5-12-26-62(55)82(50-43-67-72-68(44-50)86-66-30-16-9-23-59(66)77(72)58-22-8-15-29-65(58)85-67)75(71)70-54-18-4-11-25-61(54)81(74(69)70)49-37-41-52(42-38-49)87(83,84)51-39-31-46(45-78)32-40-51/h3-44H,1-2H3. The quantitative estimate of drug-likeness (QED) is 0.154. The highest BCUT2D eigenvalue weighted by atomic mass is 32.2. The Morgan fingerprint density at radius 2 is 0.793 bits per heavy atom. The summed E-state index contributed by atoms with van der Waals surface area (Å²) in [6.07, 6.45) is 0. The molecule has 0 saturated carbocycles. The number of hydrogen-bond donors (Lipinski definition) is 0. The minimum Gasteiger partial charge on any atom is -0.458 e. The van der Waals surface area contributed by atoms with Gasteiger partial charge in [0.05, 0.1) is 71.6 Å². The molecule has 0 spiro atoms. The molecule has 18 rings (SSSR count). The van der Waals surface area contributed by atoms with E-state index in [9.17, 15) is 13.7 Å². The lowest BCUT2D eigenvalue weighted by Gasteiger charge is -2.42. The van der Waals surface area contributed by atoms with Gasteiger partial charge in [-0.15, -0.1) is 0 Å². The van der Waals surface area contributed by atoms with Gasteiger partial charge in [0.2, 0.25) is 9.84 Å². The Labute approximate surface area is 501 Å². The van der Waals surface area contributed by atoms with Crippen molar-refractivity contribution in [1.29, 1.82) is 5.26 Å². The Kier molecular flexibility index (Phi) is 10.2. The zero-order valence-electron chi connectivity index (χ0n) is 47.1. The largest absolute Gasteiger partial charge is 0.458 e. The first-order valence-corrected chi connectivity index (χ1v) is 30.7. The number of aromatic nitrogens is 3. The highest BCUT2D eigenvalue weighted by molar-refractivity contribution is 7.91. The van der Waals surface area contributed by atoms with Crippen LogP contribution in [0.15, 0.2) is 265 Å². The summed E-state index contributed by atoms with van der Waals surface area (Å²) in [5, 5.41) is 15.8. The fourth-order valence-corrected chi connectivity index (χ4v) is 16.0.